The molecule has 7 nitrogen and oxygen atoms in total. The van der Waals surface area contributed by atoms with Gasteiger partial charge in [-0.1, -0.05) is 13.8 Å². The van der Waals surface area contributed by atoms with Gasteiger partial charge < -0.3 is 21.1 Å². The van der Waals surface area contributed by atoms with Gasteiger partial charge in [-0.3, -0.25) is 9.69 Å². The molecular weight excluding hydrogens is 344 g/mol. The highest BCUT2D eigenvalue weighted by Crippen LogP contribution is 2.30. The second-order valence-electron chi connectivity index (χ2n) is 6.31. The fourth-order valence-electron chi connectivity index (χ4n) is 2.80. The molecule has 1 unspecified atom stereocenters. The van der Waals surface area contributed by atoms with E-state index in [0.29, 0.717) is 42.6 Å². The summed E-state index contributed by atoms with van der Waals surface area (Å²) in [7, 11) is 1.54. The van der Waals surface area contributed by atoms with Crippen LogP contribution in [0.4, 0.5) is 10.5 Å². The Hall–Kier alpha value is -1.99. The summed E-state index contributed by atoms with van der Waals surface area (Å²) in [4.78, 5) is 26.0. The van der Waals surface area contributed by atoms with E-state index >= 15 is 0 Å². The van der Waals surface area contributed by atoms with Gasteiger partial charge in [0, 0.05) is 31.2 Å². The van der Waals surface area contributed by atoms with Crippen LogP contribution >= 0.6 is 12.4 Å². The van der Waals surface area contributed by atoms with Crippen LogP contribution in [-0.4, -0.2) is 44.7 Å². The van der Waals surface area contributed by atoms with Crippen LogP contribution in [0.25, 0.3) is 0 Å². The Balaban J connectivity index is 0.00000312. The number of nitrogens with zero attached hydrogens (tertiary/aromatic N) is 1. The molecule has 1 aromatic rings. The molecule has 1 aliphatic rings. The van der Waals surface area contributed by atoms with Gasteiger partial charge in [-0.05, 0) is 30.5 Å². The Kier molecular flexibility index (Phi) is 7.99. The summed E-state index contributed by atoms with van der Waals surface area (Å²) in [6.45, 7) is 5.68. The maximum absolute atomic E-state index is 12.5. The van der Waals surface area contributed by atoms with Crippen LogP contribution in [-0.2, 0) is 0 Å². The number of carbonyl (C=O) groups is 2. The van der Waals surface area contributed by atoms with Crippen LogP contribution in [0, 0.1) is 5.92 Å². The number of amides is 3. The molecule has 1 saturated heterocycles. The molecule has 0 bridgehead atoms. The number of ether oxygens (including phenoxy) is 1. The molecule has 3 amide bonds. The molecule has 0 radical (unpaired) electrons. The van der Waals surface area contributed by atoms with Gasteiger partial charge in [0.1, 0.15) is 5.75 Å². The minimum atomic E-state index is -0.199. The largest absolute Gasteiger partial charge is 0.495 e. The lowest BCUT2D eigenvalue weighted by Crippen LogP contribution is -2.41. The highest BCUT2D eigenvalue weighted by Gasteiger charge is 2.25. The SMILES string of the molecule is COc1ccc(C(=O)NC(CN)CC(C)C)cc1N1CCNC1=O.Cl. The van der Waals surface area contributed by atoms with E-state index in [0.717, 1.165) is 6.42 Å². The van der Waals surface area contributed by atoms with Gasteiger partial charge in [-0.25, -0.2) is 4.79 Å². The predicted octanol–water partition coefficient (Wildman–Crippen LogP) is 1.75. The molecule has 4 N–H and O–H groups in total. The summed E-state index contributed by atoms with van der Waals surface area (Å²) in [5.74, 6) is 0.800. The van der Waals surface area contributed by atoms with Crippen molar-refractivity contribution in [2.24, 2.45) is 11.7 Å². The summed E-state index contributed by atoms with van der Waals surface area (Å²) in [5, 5.41) is 5.70. The van der Waals surface area contributed by atoms with Crippen molar-refractivity contribution in [3.63, 3.8) is 0 Å². The van der Waals surface area contributed by atoms with Gasteiger partial charge in [-0.2, -0.15) is 0 Å². The minimum Gasteiger partial charge on any atom is -0.495 e. The number of carbonyl (C=O) groups excluding carboxylic acids is 2. The van der Waals surface area contributed by atoms with Crippen molar-refractivity contribution < 1.29 is 14.3 Å². The summed E-state index contributed by atoms with van der Waals surface area (Å²) >= 11 is 0. The molecule has 140 valence electrons. The van der Waals surface area contributed by atoms with Crippen LogP contribution < -0.4 is 26.0 Å². The number of rotatable bonds is 7. The first-order valence-electron chi connectivity index (χ1n) is 8.20. The number of benzene rings is 1. The van der Waals surface area contributed by atoms with Gasteiger partial charge in [0.2, 0.25) is 0 Å². The lowest BCUT2D eigenvalue weighted by molar-refractivity contribution is 0.0933. The van der Waals surface area contributed by atoms with Crippen LogP contribution in [0.3, 0.4) is 0 Å². The maximum atomic E-state index is 12.5. The summed E-state index contributed by atoms with van der Waals surface area (Å²) in [6.07, 6.45) is 0.819. The second kappa shape index (κ2) is 9.48. The van der Waals surface area contributed by atoms with Gasteiger partial charge >= 0.3 is 6.03 Å². The summed E-state index contributed by atoms with van der Waals surface area (Å²) < 4.78 is 5.32. The molecule has 0 aromatic heterocycles. The van der Waals surface area contributed by atoms with Gasteiger partial charge in [-0.15, -0.1) is 12.4 Å². The van der Waals surface area contributed by atoms with Crippen LogP contribution in [0.2, 0.25) is 0 Å². The maximum Gasteiger partial charge on any atom is 0.322 e. The standard InChI is InChI=1S/C17H26N4O3.ClH/c1-11(2)8-13(10-18)20-16(22)12-4-5-15(24-3)14(9-12)21-7-6-19-17(21)23;/h4-5,9,11,13H,6-8,10,18H2,1-3H3,(H,19,23)(H,20,22);1H. The molecule has 1 aliphatic heterocycles. The van der Waals surface area contributed by atoms with E-state index in [4.69, 9.17) is 10.5 Å². The van der Waals surface area contributed by atoms with E-state index in [1.54, 1.807) is 30.2 Å². The first-order chi connectivity index (χ1) is 11.5. The Morgan fingerprint density at radius 1 is 1.44 bits per heavy atom. The van der Waals surface area contributed by atoms with E-state index in [2.05, 4.69) is 24.5 Å². The van der Waals surface area contributed by atoms with E-state index in [1.807, 2.05) is 0 Å². The fourth-order valence-corrected chi connectivity index (χ4v) is 2.80. The molecule has 0 spiro atoms. The van der Waals surface area contributed by atoms with Gasteiger partial charge in [0.05, 0.1) is 12.8 Å². The van der Waals surface area contributed by atoms with E-state index in [1.165, 1.54) is 0 Å². The molecule has 0 aliphatic carbocycles. The van der Waals surface area contributed by atoms with Crippen molar-refractivity contribution >= 4 is 30.0 Å². The average Bonchev–Trinajstić information content (AvgIpc) is 2.98. The number of halogens is 1. The predicted molar refractivity (Wildman–Crippen MR) is 101 cm³/mol. The molecule has 25 heavy (non-hydrogen) atoms. The topological polar surface area (TPSA) is 96.7 Å². The Morgan fingerprint density at radius 2 is 2.16 bits per heavy atom. The fraction of sp³-hybridized carbons (Fsp3) is 0.529. The monoisotopic (exact) mass is 370 g/mol. The van der Waals surface area contributed by atoms with Crippen LogP contribution in [0.1, 0.15) is 30.6 Å². The molecule has 8 heteroatoms. The number of nitrogens with two attached hydrogens (primary N) is 1. The Bertz CT molecular complexity index is 610. The number of nitrogens with one attached hydrogen (secondary N) is 2. The number of hydrogen-bond acceptors (Lipinski definition) is 4. The quantitative estimate of drug-likeness (QED) is 0.681. The van der Waals surface area contributed by atoms with Crippen LogP contribution in [0.5, 0.6) is 5.75 Å². The smallest absolute Gasteiger partial charge is 0.322 e. The molecule has 0 saturated carbocycles. The Morgan fingerprint density at radius 3 is 2.68 bits per heavy atom. The lowest BCUT2D eigenvalue weighted by Gasteiger charge is -2.21. The molecule has 1 heterocycles. The van der Waals surface area contributed by atoms with Crippen molar-refractivity contribution in [3.05, 3.63) is 23.8 Å². The zero-order valence-corrected chi connectivity index (χ0v) is 15.7. The minimum absolute atomic E-state index is 0. The molecular formula is C17H27ClN4O3. The van der Waals surface area contributed by atoms with Crippen molar-refractivity contribution in [1.29, 1.82) is 0 Å². The third-order valence-electron chi connectivity index (χ3n) is 3.96. The summed E-state index contributed by atoms with van der Waals surface area (Å²) in [5.41, 5.74) is 6.82. The lowest BCUT2D eigenvalue weighted by atomic mass is 10.0. The highest BCUT2D eigenvalue weighted by molar-refractivity contribution is 6.00. The molecule has 1 atom stereocenters. The van der Waals surface area contributed by atoms with E-state index in [9.17, 15) is 9.59 Å². The second-order valence-corrected chi connectivity index (χ2v) is 6.31. The van der Waals surface area contributed by atoms with E-state index < -0.39 is 0 Å². The Labute approximate surface area is 154 Å². The van der Waals surface area contributed by atoms with Gasteiger partial charge in [0.25, 0.3) is 5.91 Å². The first-order valence-corrected chi connectivity index (χ1v) is 8.20. The van der Waals surface area contributed by atoms with Crippen LogP contribution in [0.15, 0.2) is 18.2 Å². The molecule has 2 rings (SSSR count). The van der Waals surface area contributed by atoms with E-state index in [-0.39, 0.29) is 30.4 Å². The zero-order valence-electron chi connectivity index (χ0n) is 14.9. The normalized spacial score (nSPS) is 14.8. The number of urea groups is 1. The van der Waals surface area contributed by atoms with Gasteiger partial charge in [0.15, 0.2) is 0 Å². The third kappa shape index (κ3) is 5.24. The highest BCUT2D eigenvalue weighted by atomic mass is 35.5. The van der Waals surface area contributed by atoms with Crippen molar-refractivity contribution in [2.45, 2.75) is 26.3 Å². The number of methoxy groups -OCH3 is 1. The zero-order chi connectivity index (χ0) is 17.7. The molecule has 1 fully saturated rings. The van der Waals surface area contributed by atoms with Crippen molar-refractivity contribution in [3.8, 4) is 5.75 Å². The van der Waals surface area contributed by atoms with Crippen molar-refractivity contribution in [1.82, 2.24) is 10.6 Å². The number of anilines is 1. The third-order valence-corrected chi connectivity index (χ3v) is 3.96. The molecule has 1 aromatic carbocycles. The number of hydrogen-bond donors (Lipinski definition) is 3. The average molecular weight is 371 g/mol. The van der Waals surface area contributed by atoms with Crippen molar-refractivity contribution in [2.75, 3.05) is 31.6 Å². The summed E-state index contributed by atoms with van der Waals surface area (Å²) in [6, 6.07) is 4.82. The first kappa shape index (κ1) is 21.1.